The van der Waals surface area contributed by atoms with E-state index in [2.05, 4.69) is 15.5 Å². The molecule has 0 saturated carbocycles. The number of nitrogens with one attached hydrogen (secondary N) is 2. The van der Waals surface area contributed by atoms with Crippen molar-refractivity contribution in [3.63, 3.8) is 0 Å². The Kier molecular flexibility index (Phi) is 6.29. The van der Waals surface area contributed by atoms with Crippen molar-refractivity contribution in [3.05, 3.63) is 59.4 Å². The van der Waals surface area contributed by atoms with Crippen molar-refractivity contribution in [2.24, 2.45) is 0 Å². The van der Waals surface area contributed by atoms with Gasteiger partial charge in [0, 0.05) is 31.0 Å². The van der Waals surface area contributed by atoms with Crippen LogP contribution < -0.4 is 15.5 Å². The second kappa shape index (κ2) is 8.86. The molecule has 0 aromatic heterocycles. The average Bonchev–Trinajstić information content (AvgIpc) is 3.21. The van der Waals surface area contributed by atoms with Gasteiger partial charge in [-0.05, 0) is 48.7 Å². The lowest BCUT2D eigenvalue weighted by Crippen LogP contribution is -2.27. The van der Waals surface area contributed by atoms with E-state index in [0.29, 0.717) is 11.3 Å². The van der Waals surface area contributed by atoms with Gasteiger partial charge in [0.15, 0.2) is 0 Å². The summed E-state index contributed by atoms with van der Waals surface area (Å²) in [6, 6.07) is 11.3. The van der Waals surface area contributed by atoms with Crippen LogP contribution in [0.25, 0.3) is 0 Å². The Morgan fingerprint density at radius 1 is 1.07 bits per heavy atom. The van der Waals surface area contributed by atoms with Crippen molar-refractivity contribution < 1.29 is 14.0 Å². The summed E-state index contributed by atoms with van der Waals surface area (Å²) in [7, 11) is 0. The van der Waals surface area contributed by atoms with Crippen molar-refractivity contribution in [1.82, 2.24) is 5.32 Å². The molecule has 3 rings (SSSR count). The van der Waals surface area contributed by atoms with E-state index in [-0.39, 0.29) is 30.1 Å². The summed E-state index contributed by atoms with van der Waals surface area (Å²) in [5.41, 5.74) is 2.66. The Balaban J connectivity index is 1.80. The highest BCUT2D eigenvalue weighted by Gasteiger charge is 2.20. The zero-order chi connectivity index (χ0) is 19.2. The maximum absolute atomic E-state index is 13.0. The minimum Gasteiger partial charge on any atom is -0.371 e. The number of benzene rings is 2. The van der Waals surface area contributed by atoms with Crippen molar-refractivity contribution in [2.75, 3.05) is 29.2 Å². The Bertz CT molecular complexity index is 820. The highest BCUT2D eigenvalue weighted by atomic mass is 35.5. The van der Waals surface area contributed by atoms with Crippen LogP contribution in [0.4, 0.5) is 15.8 Å². The van der Waals surface area contributed by atoms with Gasteiger partial charge in [0.2, 0.25) is 5.91 Å². The molecule has 2 aromatic carbocycles. The van der Waals surface area contributed by atoms with Crippen molar-refractivity contribution in [3.8, 4) is 0 Å². The Labute approximate surface area is 162 Å². The number of anilines is 2. The average molecular weight is 390 g/mol. The van der Waals surface area contributed by atoms with Crippen LogP contribution in [0.5, 0.6) is 0 Å². The summed E-state index contributed by atoms with van der Waals surface area (Å²) in [6.45, 7) is 2.08. The fraction of sp³-hybridized carbons (Fsp3) is 0.300. The number of carbonyl (C=O) groups excluding carboxylic acids is 2. The lowest BCUT2D eigenvalue weighted by Gasteiger charge is -2.22. The molecule has 0 aliphatic carbocycles. The molecule has 2 amide bonds. The van der Waals surface area contributed by atoms with E-state index in [0.717, 1.165) is 37.2 Å². The van der Waals surface area contributed by atoms with Gasteiger partial charge >= 0.3 is 0 Å². The summed E-state index contributed by atoms with van der Waals surface area (Å²) < 4.78 is 13.0. The third-order valence-electron chi connectivity index (χ3n) is 4.46. The maximum Gasteiger partial charge on any atom is 0.253 e. The van der Waals surface area contributed by atoms with Gasteiger partial charge in [0.25, 0.3) is 5.91 Å². The molecule has 5 nitrogen and oxygen atoms in total. The lowest BCUT2D eigenvalue weighted by atomic mass is 10.1. The van der Waals surface area contributed by atoms with Gasteiger partial charge in [-0.2, -0.15) is 0 Å². The molecule has 1 aliphatic heterocycles. The first-order valence-electron chi connectivity index (χ1n) is 8.84. The lowest BCUT2D eigenvalue weighted by molar-refractivity contribution is -0.113. The molecule has 1 saturated heterocycles. The Morgan fingerprint density at radius 2 is 1.78 bits per heavy atom. The number of alkyl halides is 1. The highest BCUT2D eigenvalue weighted by Crippen LogP contribution is 2.27. The number of hydrogen-bond acceptors (Lipinski definition) is 3. The fourth-order valence-electron chi connectivity index (χ4n) is 3.10. The maximum atomic E-state index is 13.0. The molecular formula is C20H21ClFN3O2. The normalized spacial score (nSPS) is 13.5. The number of rotatable bonds is 6. The fourth-order valence-corrected chi connectivity index (χ4v) is 3.17. The zero-order valence-corrected chi connectivity index (χ0v) is 15.6. The van der Waals surface area contributed by atoms with Gasteiger partial charge in [0.05, 0.1) is 5.56 Å². The highest BCUT2D eigenvalue weighted by molar-refractivity contribution is 6.29. The molecule has 27 heavy (non-hydrogen) atoms. The van der Waals surface area contributed by atoms with Crippen LogP contribution in [0, 0.1) is 5.82 Å². The first kappa shape index (κ1) is 19.2. The van der Waals surface area contributed by atoms with Gasteiger partial charge in [0.1, 0.15) is 11.7 Å². The molecular weight excluding hydrogens is 369 g/mol. The Morgan fingerprint density at radius 3 is 2.44 bits per heavy atom. The summed E-state index contributed by atoms with van der Waals surface area (Å²) in [5.74, 6) is -1.05. The van der Waals surface area contributed by atoms with Gasteiger partial charge in [-0.3, -0.25) is 9.59 Å². The smallest absolute Gasteiger partial charge is 0.253 e. The van der Waals surface area contributed by atoms with Crippen LogP contribution in [0.2, 0.25) is 0 Å². The second-order valence-corrected chi connectivity index (χ2v) is 6.68. The van der Waals surface area contributed by atoms with Crippen molar-refractivity contribution in [1.29, 1.82) is 0 Å². The third kappa shape index (κ3) is 4.98. The standard InChI is InChI=1S/C20H21ClFN3O2/c21-12-19(26)24-16-7-8-18(25-9-1-2-10-25)17(11-16)20(27)23-13-14-3-5-15(22)6-4-14/h3-8,11H,1-2,9-10,12-13H2,(H,23,27)(H,24,26). The second-order valence-electron chi connectivity index (χ2n) is 6.42. The molecule has 7 heteroatoms. The first-order valence-corrected chi connectivity index (χ1v) is 9.38. The number of halogens is 2. The van der Waals surface area contributed by atoms with Gasteiger partial charge in [-0.1, -0.05) is 12.1 Å². The van der Waals surface area contributed by atoms with Crippen molar-refractivity contribution in [2.45, 2.75) is 19.4 Å². The van der Waals surface area contributed by atoms with Gasteiger partial charge in [-0.25, -0.2) is 4.39 Å². The zero-order valence-electron chi connectivity index (χ0n) is 14.8. The van der Waals surface area contributed by atoms with E-state index in [1.807, 2.05) is 6.07 Å². The van der Waals surface area contributed by atoms with E-state index in [1.165, 1.54) is 12.1 Å². The monoisotopic (exact) mass is 389 g/mol. The van der Waals surface area contributed by atoms with Crippen LogP contribution >= 0.6 is 11.6 Å². The minimum atomic E-state index is -0.330. The topological polar surface area (TPSA) is 61.4 Å². The molecule has 1 heterocycles. The summed E-state index contributed by atoms with van der Waals surface area (Å²) in [5, 5.41) is 5.54. The summed E-state index contributed by atoms with van der Waals surface area (Å²) >= 11 is 5.54. The van der Waals surface area contributed by atoms with Crippen LogP contribution in [-0.4, -0.2) is 30.8 Å². The number of carbonyl (C=O) groups is 2. The number of hydrogen-bond donors (Lipinski definition) is 2. The van der Waals surface area contributed by atoms with Gasteiger partial charge in [-0.15, -0.1) is 11.6 Å². The minimum absolute atomic E-state index is 0.153. The molecule has 2 N–H and O–H groups in total. The summed E-state index contributed by atoms with van der Waals surface area (Å²) in [4.78, 5) is 26.5. The van der Waals surface area contributed by atoms with Crippen molar-refractivity contribution >= 4 is 34.8 Å². The largest absolute Gasteiger partial charge is 0.371 e. The van der Waals surface area contributed by atoms with Crippen LogP contribution in [0.15, 0.2) is 42.5 Å². The van der Waals surface area contributed by atoms with Crippen LogP contribution in [0.3, 0.4) is 0 Å². The quantitative estimate of drug-likeness (QED) is 0.743. The predicted octanol–water partition coefficient (Wildman–Crippen LogP) is 3.53. The third-order valence-corrected chi connectivity index (χ3v) is 4.70. The summed E-state index contributed by atoms with van der Waals surface area (Å²) in [6.07, 6.45) is 2.17. The molecule has 0 spiro atoms. The van der Waals surface area contributed by atoms with E-state index in [9.17, 15) is 14.0 Å². The molecule has 0 atom stereocenters. The van der Waals surface area contributed by atoms with Crippen LogP contribution in [0.1, 0.15) is 28.8 Å². The SMILES string of the molecule is O=C(CCl)Nc1ccc(N2CCCC2)c(C(=O)NCc2ccc(F)cc2)c1. The molecule has 0 bridgehead atoms. The van der Waals surface area contributed by atoms with E-state index in [4.69, 9.17) is 11.6 Å². The number of nitrogens with zero attached hydrogens (tertiary/aromatic N) is 1. The number of amides is 2. The predicted molar refractivity (Wildman–Crippen MR) is 105 cm³/mol. The Hall–Kier alpha value is -2.60. The molecule has 1 aliphatic rings. The van der Waals surface area contributed by atoms with Crippen LogP contribution in [-0.2, 0) is 11.3 Å². The van der Waals surface area contributed by atoms with E-state index < -0.39 is 0 Å². The first-order chi connectivity index (χ1) is 13.1. The van der Waals surface area contributed by atoms with Gasteiger partial charge < -0.3 is 15.5 Å². The van der Waals surface area contributed by atoms with E-state index >= 15 is 0 Å². The van der Waals surface area contributed by atoms with E-state index in [1.54, 1.807) is 24.3 Å². The molecule has 1 fully saturated rings. The molecule has 142 valence electrons. The molecule has 0 radical (unpaired) electrons. The molecule has 0 unspecified atom stereocenters. The molecule has 2 aromatic rings.